The average Bonchev–Trinajstić information content (AvgIpc) is 2.49. The summed E-state index contributed by atoms with van der Waals surface area (Å²) in [6.07, 6.45) is 17.3. The van der Waals surface area contributed by atoms with Crippen LogP contribution < -0.4 is 5.32 Å². The zero-order chi connectivity index (χ0) is 16.2. The van der Waals surface area contributed by atoms with E-state index in [0.29, 0.717) is 6.04 Å². The molecule has 22 heavy (non-hydrogen) atoms. The summed E-state index contributed by atoms with van der Waals surface area (Å²) in [5.74, 6) is 0.238. The summed E-state index contributed by atoms with van der Waals surface area (Å²) in [6, 6.07) is 0.595. The van der Waals surface area contributed by atoms with Crippen molar-refractivity contribution in [1.82, 2.24) is 5.32 Å². The molecule has 0 aromatic heterocycles. The maximum Gasteiger partial charge on any atom is 0.157 e. The van der Waals surface area contributed by atoms with E-state index in [1.165, 1.54) is 70.6 Å². The van der Waals surface area contributed by atoms with Gasteiger partial charge in [0.2, 0.25) is 0 Å². The molecule has 0 radical (unpaired) electrons. The van der Waals surface area contributed by atoms with Crippen molar-refractivity contribution >= 4 is 5.78 Å². The van der Waals surface area contributed by atoms with E-state index >= 15 is 0 Å². The van der Waals surface area contributed by atoms with Gasteiger partial charge in [0.15, 0.2) is 5.78 Å². The molecule has 128 valence electrons. The van der Waals surface area contributed by atoms with Gasteiger partial charge in [-0.3, -0.25) is 4.79 Å². The highest BCUT2D eigenvalue weighted by Crippen LogP contribution is 2.22. The number of rotatable bonds is 12. The number of unbranched alkanes of at least 4 members (excludes halogenated alkanes) is 9. The molecule has 0 amide bonds. The van der Waals surface area contributed by atoms with E-state index in [0.717, 1.165) is 24.1 Å². The van der Waals surface area contributed by atoms with Crippen LogP contribution in [0.5, 0.6) is 0 Å². The van der Waals surface area contributed by atoms with Crippen LogP contribution >= 0.6 is 0 Å². The van der Waals surface area contributed by atoms with Crippen LogP contribution in [0.1, 0.15) is 104 Å². The Bertz CT molecular complexity index is 346. The number of carbonyl (C=O) groups is 1. The zero-order valence-corrected chi connectivity index (χ0v) is 15.2. The van der Waals surface area contributed by atoms with Crippen LogP contribution in [0.4, 0.5) is 0 Å². The molecule has 1 N–H and O–H groups in total. The molecule has 0 fully saturated rings. The first-order valence-corrected chi connectivity index (χ1v) is 9.62. The normalized spacial score (nSPS) is 18.4. The summed E-state index contributed by atoms with van der Waals surface area (Å²) in [4.78, 5) is 11.5. The first-order chi connectivity index (χ1) is 10.6. The van der Waals surface area contributed by atoms with E-state index in [1.54, 1.807) is 6.92 Å². The summed E-state index contributed by atoms with van der Waals surface area (Å²) >= 11 is 0. The van der Waals surface area contributed by atoms with Crippen molar-refractivity contribution in [2.75, 3.05) is 0 Å². The van der Waals surface area contributed by atoms with Gasteiger partial charge in [-0.05, 0) is 33.1 Å². The molecule has 2 nitrogen and oxygen atoms in total. The van der Waals surface area contributed by atoms with Crippen LogP contribution in [0.2, 0.25) is 0 Å². The van der Waals surface area contributed by atoms with E-state index in [9.17, 15) is 4.79 Å². The van der Waals surface area contributed by atoms with Crippen LogP contribution in [-0.4, -0.2) is 11.8 Å². The van der Waals surface area contributed by atoms with Crippen molar-refractivity contribution in [3.8, 4) is 0 Å². The van der Waals surface area contributed by atoms with Crippen molar-refractivity contribution in [2.24, 2.45) is 0 Å². The lowest BCUT2D eigenvalue weighted by Crippen LogP contribution is -2.33. The van der Waals surface area contributed by atoms with E-state index < -0.39 is 0 Å². The largest absolute Gasteiger partial charge is 0.386 e. The first-order valence-electron chi connectivity index (χ1n) is 9.62. The highest BCUT2D eigenvalue weighted by molar-refractivity contribution is 5.94. The van der Waals surface area contributed by atoms with Gasteiger partial charge in [0.25, 0.3) is 0 Å². The van der Waals surface area contributed by atoms with Crippen molar-refractivity contribution in [2.45, 2.75) is 110 Å². The van der Waals surface area contributed by atoms with Crippen LogP contribution in [0.25, 0.3) is 0 Å². The lowest BCUT2D eigenvalue weighted by molar-refractivity contribution is -0.113. The number of carbonyl (C=O) groups excluding carboxylic acids is 1. The third kappa shape index (κ3) is 8.00. The molecule has 1 aliphatic rings. The van der Waals surface area contributed by atoms with Gasteiger partial charge in [-0.1, -0.05) is 71.1 Å². The summed E-state index contributed by atoms with van der Waals surface area (Å²) in [6.45, 7) is 6.02. The van der Waals surface area contributed by atoms with Crippen molar-refractivity contribution in [3.63, 3.8) is 0 Å². The predicted molar refractivity (Wildman–Crippen MR) is 96.0 cm³/mol. The van der Waals surface area contributed by atoms with Crippen LogP contribution in [-0.2, 0) is 4.79 Å². The number of nitrogens with one attached hydrogen (secondary N) is 1. The molecule has 1 rings (SSSR count). The summed E-state index contributed by atoms with van der Waals surface area (Å²) in [5.41, 5.74) is 2.13. The Labute approximate surface area is 138 Å². The third-order valence-corrected chi connectivity index (χ3v) is 4.95. The van der Waals surface area contributed by atoms with Gasteiger partial charge < -0.3 is 5.32 Å². The van der Waals surface area contributed by atoms with E-state index in [2.05, 4.69) is 19.2 Å². The van der Waals surface area contributed by atoms with Gasteiger partial charge in [0, 0.05) is 17.3 Å². The Morgan fingerprint density at radius 3 is 2.05 bits per heavy atom. The highest BCUT2D eigenvalue weighted by atomic mass is 16.1. The van der Waals surface area contributed by atoms with Crippen molar-refractivity contribution < 1.29 is 4.79 Å². The second-order valence-electron chi connectivity index (χ2n) is 7.01. The number of hydrogen-bond donors (Lipinski definition) is 1. The molecule has 0 aromatic rings. The molecule has 0 saturated heterocycles. The molecule has 0 bridgehead atoms. The van der Waals surface area contributed by atoms with E-state index in [1.807, 2.05) is 0 Å². The second kappa shape index (κ2) is 11.7. The van der Waals surface area contributed by atoms with Gasteiger partial charge in [-0.15, -0.1) is 0 Å². The summed E-state index contributed by atoms with van der Waals surface area (Å²) in [5, 5.41) is 3.54. The SMILES string of the molecule is CCCCCCCCCCCCC1CCC(C(C)=O)=C(C)N1. The van der Waals surface area contributed by atoms with Gasteiger partial charge in [0.1, 0.15) is 0 Å². The number of Topliss-reactive ketones (excluding diaryl/α,β-unsaturated/α-hetero) is 1. The fourth-order valence-corrected chi connectivity index (χ4v) is 3.51. The molecule has 1 aliphatic heterocycles. The zero-order valence-electron chi connectivity index (χ0n) is 15.2. The fourth-order valence-electron chi connectivity index (χ4n) is 3.51. The van der Waals surface area contributed by atoms with Gasteiger partial charge >= 0.3 is 0 Å². The topological polar surface area (TPSA) is 29.1 Å². The monoisotopic (exact) mass is 307 g/mol. The minimum Gasteiger partial charge on any atom is -0.386 e. The highest BCUT2D eigenvalue weighted by Gasteiger charge is 2.19. The Morgan fingerprint density at radius 1 is 1.00 bits per heavy atom. The molecule has 1 atom stereocenters. The molecule has 2 heteroatoms. The Kier molecular flexibility index (Phi) is 10.3. The van der Waals surface area contributed by atoms with Crippen molar-refractivity contribution in [3.05, 3.63) is 11.3 Å². The summed E-state index contributed by atoms with van der Waals surface area (Å²) < 4.78 is 0. The number of allylic oxidation sites excluding steroid dienone is 2. The van der Waals surface area contributed by atoms with E-state index in [-0.39, 0.29) is 5.78 Å². The Balaban J connectivity index is 1.97. The number of hydrogen-bond acceptors (Lipinski definition) is 2. The quantitative estimate of drug-likeness (QED) is 0.454. The summed E-state index contributed by atoms with van der Waals surface area (Å²) in [7, 11) is 0. The molecule has 1 unspecified atom stereocenters. The fraction of sp³-hybridized carbons (Fsp3) is 0.850. The van der Waals surface area contributed by atoms with Crippen molar-refractivity contribution in [1.29, 1.82) is 0 Å². The van der Waals surface area contributed by atoms with Gasteiger partial charge in [0.05, 0.1) is 0 Å². The van der Waals surface area contributed by atoms with Gasteiger partial charge in [-0.25, -0.2) is 0 Å². The molecule has 1 heterocycles. The average molecular weight is 308 g/mol. The third-order valence-electron chi connectivity index (χ3n) is 4.95. The molecule has 0 aromatic carbocycles. The molecular formula is C20H37NO. The maximum absolute atomic E-state index is 11.5. The maximum atomic E-state index is 11.5. The smallest absolute Gasteiger partial charge is 0.157 e. The molecular weight excluding hydrogens is 270 g/mol. The molecule has 0 spiro atoms. The van der Waals surface area contributed by atoms with Gasteiger partial charge in [-0.2, -0.15) is 0 Å². The Morgan fingerprint density at radius 2 is 1.55 bits per heavy atom. The van der Waals surface area contributed by atoms with E-state index in [4.69, 9.17) is 0 Å². The standard InChI is InChI=1S/C20H37NO/c1-4-5-6-7-8-9-10-11-12-13-14-19-15-16-20(18(3)22)17(2)21-19/h19,21H,4-16H2,1-3H3. The second-order valence-corrected chi connectivity index (χ2v) is 7.01. The minimum atomic E-state index is 0.238. The minimum absolute atomic E-state index is 0.238. The van der Waals surface area contributed by atoms with Crippen LogP contribution in [0, 0.1) is 0 Å². The van der Waals surface area contributed by atoms with Crippen LogP contribution in [0.3, 0.4) is 0 Å². The lowest BCUT2D eigenvalue weighted by Gasteiger charge is -2.27. The number of ketones is 1. The lowest BCUT2D eigenvalue weighted by atomic mass is 9.93. The molecule has 0 aliphatic carbocycles. The Hall–Kier alpha value is -0.790. The predicted octanol–water partition coefficient (Wildman–Crippen LogP) is 5.91. The molecule has 0 saturated carbocycles. The first kappa shape index (κ1) is 19.3. The van der Waals surface area contributed by atoms with Crippen LogP contribution in [0.15, 0.2) is 11.3 Å².